The zero-order valence-electron chi connectivity index (χ0n) is 17.3. The van der Waals surface area contributed by atoms with E-state index in [0.29, 0.717) is 21.3 Å². The van der Waals surface area contributed by atoms with Gasteiger partial charge in [-0.05, 0) is 71.7 Å². The Bertz CT molecular complexity index is 1070. The second kappa shape index (κ2) is 10.4. The number of nitrogens with one attached hydrogen (secondary N) is 1. The number of halogens is 2. The smallest absolute Gasteiger partial charge is 0.232 e. The molecule has 0 heterocycles. The van der Waals surface area contributed by atoms with E-state index >= 15 is 0 Å². The summed E-state index contributed by atoms with van der Waals surface area (Å²) in [5.74, 6) is -0.408. The van der Waals surface area contributed by atoms with E-state index in [-0.39, 0.29) is 23.5 Å². The average Bonchev–Trinajstić information content (AvgIpc) is 2.75. The van der Waals surface area contributed by atoms with Crippen LogP contribution in [0.3, 0.4) is 0 Å². The summed E-state index contributed by atoms with van der Waals surface area (Å²) in [5, 5.41) is 4.24. The molecule has 158 valence electrons. The number of hydrogen-bond donors (Lipinski definition) is 1. The summed E-state index contributed by atoms with van der Waals surface area (Å²) in [7, 11) is 0. The van der Waals surface area contributed by atoms with Crippen LogP contribution in [0.1, 0.15) is 41.3 Å². The minimum Gasteiger partial charge on any atom is -0.326 e. The Hall–Kier alpha value is -2.88. The molecule has 0 bridgehead atoms. The van der Waals surface area contributed by atoms with Crippen molar-refractivity contribution in [1.29, 1.82) is 0 Å². The van der Waals surface area contributed by atoms with Crippen LogP contribution in [0.15, 0.2) is 78.9 Å². The molecule has 31 heavy (non-hydrogen) atoms. The van der Waals surface area contributed by atoms with Gasteiger partial charge >= 0.3 is 0 Å². The van der Waals surface area contributed by atoms with Gasteiger partial charge in [0.05, 0.1) is 5.92 Å². The molecular weight excluding hydrogens is 429 g/mol. The molecule has 1 amide bonds. The summed E-state index contributed by atoms with van der Waals surface area (Å²) in [6.07, 6.45) is 3.26. The van der Waals surface area contributed by atoms with Gasteiger partial charge in [-0.15, -0.1) is 0 Å². The van der Waals surface area contributed by atoms with Crippen molar-refractivity contribution in [3.8, 4) is 0 Å². The van der Waals surface area contributed by atoms with E-state index in [9.17, 15) is 9.59 Å². The second-order valence-electron chi connectivity index (χ2n) is 7.59. The van der Waals surface area contributed by atoms with Gasteiger partial charge < -0.3 is 5.32 Å². The molecule has 1 unspecified atom stereocenters. The van der Waals surface area contributed by atoms with Gasteiger partial charge in [0, 0.05) is 21.3 Å². The molecular formula is C26H23Cl2NO2. The predicted molar refractivity (Wildman–Crippen MR) is 129 cm³/mol. The fourth-order valence-corrected chi connectivity index (χ4v) is 3.54. The fraction of sp³-hybridized carbons (Fsp3) is 0.154. The van der Waals surface area contributed by atoms with Crippen molar-refractivity contribution in [2.75, 3.05) is 5.32 Å². The topological polar surface area (TPSA) is 46.2 Å². The molecule has 0 fully saturated rings. The summed E-state index contributed by atoms with van der Waals surface area (Å²) in [5.41, 5.74) is 2.99. The minimum absolute atomic E-state index is 0.0981. The van der Waals surface area contributed by atoms with Gasteiger partial charge in [0.25, 0.3) is 0 Å². The number of rotatable bonds is 7. The van der Waals surface area contributed by atoms with E-state index in [4.69, 9.17) is 23.2 Å². The van der Waals surface area contributed by atoms with Crippen LogP contribution in [0, 0.1) is 5.92 Å². The molecule has 0 aliphatic rings. The number of anilines is 1. The first-order valence-electron chi connectivity index (χ1n) is 9.98. The van der Waals surface area contributed by atoms with E-state index in [0.717, 1.165) is 11.1 Å². The van der Waals surface area contributed by atoms with Crippen molar-refractivity contribution >= 4 is 46.7 Å². The molecule has 5 heteroatoms. The highest BCUT2D eigenvalue weighted by molar-refractivity contribution is 6.30. The third-order valence-electron chi connectivity index (χ3n) is 4.91. The summed E-state index contributed by atoms with van der Waals surface area (Å²) < 4.78 is 0. The maximum Gasteiger partial charge on any atom is 0.232 e. The monoisotopic (exact) mass is 451 g/mol. The van der Waals surface area contributed by atoms with Crippen LogP contribution in [0.4, 0.5) is 5.69 Å². The van der Waals surface area contributed by atoms with Gasteiger partial charge in [-0.2, -0.15) is 0 Å². The summed E-state index contributed by atoms with van der Waals surface area (Å²) >= 11 is 11.8. The highest BCUT2D eigenvalue weighted by Gasteiger charge is 2.24. The first-order valence-corrected chi connectivity index (χ1v) is 10.7. The molecule has 0 saturated heterocycles. The Morgan fingerprint density at radius 2 is 1.35 bits per heavy atom. The predicted octanol–water partition coefficient (Wildman–Crippen LogP) is 7.27. The Balaban J connectivity index is 1.67. The van der Waals surface area contributed by atoms with E-state index in [1.165, 1.54) is 6.08 Å². The number of ketones is 1. The maximum absolute atomic E-state index is 12.9. The largest absolute Gasteiger partial charge is 0.326 e. The molecule has 0 aliphatic heterocycles. The van der Waals surface area contributed by atoms with Crippen LogP contribution in [-0.4, -0.2) is 11.7 Å². The Morgan fingerprint density at radius 1 is 0.806 bits per heavy atom. The van der Waals surface area contributed by atoms with Crippen LogP contribution >= 0.6 is 23.2 Å². The normalized spacial score (nSPS) is 12.2. The number of carbonyl (C=O) groups is 2. The molecule has 0 saturated carbocycles. The Labute approximate surface area is 192 Å². The molecule has 0 radical (unpaired) electrons. The highest BCUT2D eigenvalue weighted by atomic mass is 35.5. The van der Waals surface area contributed by atoms with Crippen molar-refractivity contribution in [3.05, 3.63) is 106 Å². The van der Waals surface area contributed by atoms with Crippen molar-refractivity contribution in [2.45, 2.75) is 19.8 Å². The highest BCUT2D eigenvalue weighted by Crippen LogP contribution is 2.27. The zero-order chi connectivity index (χ0) is 22.4. The SMILES string of the molecule is CC(C)C(C(=O)Nc1ccc(C(=O)/C=C/c2ccc(Cl)cc2)cc1)c1ccc(Cl)cc1. The first kappa shape index (κ1) is 22.8. The Morgan fingerprint density at radius 3 is 1.90 bits per heavy atom. The van der Waals surface area contributed by atoms with Crippen LogP contribution in [0.2, 0.25) is 10.0 Å². The third-order valence-corrected chi connectivity index (χ3v) is 5.42. The lowest BCUT2D eigenvalue weighted by Crippen LogP contribution is -2.25. The minimum atomic E-state index is -0.305. The van der Waals surface area contributed by atoms with E-state index in [1.807, 2.05) is 38.1 Å². The molecule has 0 aromatic heterocycles. The van der Waals surface area contributed by atoms with Crippen LogP contribution < -0.4 is 5.32 Å². The van der Waals surface area contributed by atoms with Crippen LogP contribution in [-0.2, 0) is 4.79 Å². The van der Waals surface area contributed by atoms with E-state index in [2.05, 4.69) is 5.32 Å². The maximum atomic E-state index is 12.9. The van der Waals surface area contributed by atoms with Crippen molar-refractivity contribution in [3.63, 3.8) is 0 Å². The second-order valence-corrected chi connectivity index (χ2v) is 8.46. The molecule has 1 atom stereocenters. The molecule has 0 spiro atoms. The van der Waals surface area contributed by atoms with Gasteiger partial charge in [-0.3, -0.25) is 9.59 Å². The number of allylic oxidation sites excluding steroid dienone is 1. The molecule has 3 aromatic rings. The molecule has 0 aliphatic carbocycles. The van der Waals surface area contributed by atoms with Crippen molar-refractivity contribution in [2.24, 2.45) is 5.92 Å². The summed E-state index contributed by atoms with van der Waals surface area (Å²) in [4.78, 5) is 25.3. The number of benzene rings is 3. The summed E-state index contributed by atoms with van der Waals surface area (Å²) in [6.45, 7) is 4.02. The van der Waals surface area contributed by atoms with Crippen molar-refractivity contribution < 1.29 is 9.59 Å². The molecule has 1 N–H and O–H groups in total. The number of hydrogen-bond acceptors (Lipinski definition) is 2. The Kier molecular flexibility index (Phi) is 7.67. The standard InChI is InChI=1S/C26H23Cl2NO2/c1-17(2)25(20-6-12-22(28)13-7-20)26(31)29-23-14-8-19(9-15-23)24(30)16-5-18-3-10-21(27)11-4-18/h3-17,25H,1-2H3,(H,29,31)/b16-5+. The lowest BCUT2D eigenvalue weighted by Gasteiger charge is -2.21. The van der Waals surface area contributed by atoms with Gasteiger partial charge in [-0.25, -0.2) is 0 Å². The van der Waals surface area contributed by atoms with Gasteiger partial charge in [0.2, 0.25) is 5.91 Å². The van der Waals surface area contributed by atoms with E-state index in [1.54, 1.807) is 54.6 Å². The number of carbonyl (C=O) groups excluding carboxylic acids is 2. The molecule has 3 rings (SSSR count). The molecule has 3 aromatic carbocycles. The van der Waals surface area contributed by atoms with Crippen molar-refractivity contribution in [1.82, 2.24) is 0 Å². The van der Waals surface area contributed by atoms with Gasteiger partial charge in [0.1, 0.15) is 0 Å². The van der Waals surface area contributed by atoms with Gasteiger partial charge in [-0.1, -0.05) is 67.4 Å². The average molecular weight is 452 g/mol. The van der Waals surface area contributed by atoms with Crippen LogP contribution in [0.5, 0.6) is 0 Å². The number of amides is 1. The fourth-order valence-electron chi connectivity index (χ4n) is 3.29. The van der Waals surface area contributed by atoms with E-state index < -0.39 is 0 Å². The van der Waals surface area contributed by atoms with Gasteiger partial charge in [0.15, 0.2) is 5.78 Å². The molecule has 3 nitrogen and oxygen atoms in total. The first-order chi connectivity index (χ1) is 14.8. The zero-order valence-corrected chi connectivity index (χ0v) is 18.8. The third kappa shape index (κ3) is 6.30. The quantitative estimate of drug-likeness (QED) is 0.303. The lowest BCUT2D eigenvalue weighted by molar-refractivity contribution is -0.118. The lowest BCUT2D eigenvalue weighted by atomic mass is 9.87. The summed E-state index contributed by atoms with van der Waals surface area (Å²) in [6, 6.07) is 21.5. The van der Waals surface area contributed by atoms with Crippen LogP contribution in [0.25, 0.3) is 6.08 Å².